The first-order valence-corrected chi connectivity index (χ1v) is 10.5. The second-order valence-corrected chi connectivity index (χ2v) is 7.89. The number of H-pyrrole nitrogens is 1. The lowest BCUT2D eigenvalue weighted by atomic mass is 9.98. The average molecular weight is 424 g/mol. The zero-order chi connectivity index (χ0) is 22.4. The van der Waals surface area contributed by atoms with E-state index in [1.54, 1.807) is 12.4 Å². The highest BCUT2D eigenvalue weighted by Gasteiger charge is 2.30. The fourth-order valence-corrected chi connectivity index (χ4v) is 3.76. The van der Waals surface area contributed by atoms with Crippen LogP contribution in [0.1, 0.15) is 48.7 Å². The first kappa shape index (κ1) is 22.4. The van der Waals surface area contributed by atoms with Crippen LogP contribution in [0.5, 0.6) is 5.88 Å². The molecule has 1 heterocycles. The average Bonchev–Trinajstić information content (AvgIpc) is 3.07. The molecule has 2 unspecified atom stereocenters. The van der Waals surface area contributed by atoms with Gasteiger partial charge in [-0.3, -0.25) is 14.6 Å². The van der Waals surface area contributed by atoms with Crippen molar-refractivity contribution in [2.45, 2.75) is 45.6 Å². The van der Waals surface area contributed by atoms with Gasteiger partial charge < -0.3 is 10.1 Å². The number of hydroxylamine groups is 1. The number of hydrogen-bond acceptors (Lipinski definition) is 4. The molecule has 4 N–H and O–H groups in total. The number of carbonyl (C=O) groups is 1. The fourth-order valence-electron chi connectivity index (χ4n) is 3.76. The van der Waals surface area contributed by atoms with Crippen LogP contribution < -0.4 is 11.2 Å². The molecule has 0 fully saturated rings. The molecule has 31 heavy (non-hydrogen) atoms. The van der Waals surface area contributed by atoms with Gasteiger partial charge in [0.15, 0.2) is 0 Å². The van der Waals surface area contributed by atoms with Gasteiger partial charge >= 0.3 is 5.69 Å². The van der Waals surface area contributed by atoms with Crippen LogP contribution in [0.3, 0.4) is 0 Å². The van der Waals surface area contributed by atoms with E-state index < -0.39 is 17.6 Å². The molecule has 7 nitrogen and oxygen atoms in total. The summed E-state index contributed by atoms with van der Waals surface area (Å²) in [4.78, 5) is 27.2. The summed E-state index contributed by atoms with van der Waals surface area (Å²) in [5.74, 6) is -1.25. The van der Waals surface area contributed by atoms with Crippen LogP contribution in [0.2, 0.25) is 0 Å². The Kier molecular flexibility index (Phi) is 7.31. The van der Waals surface area contributed by atoms with Gasteiger partial charge in [-0.15, -0.1) is 0 Å². The van der Waals surface area contributed by atoms with Gasteiger partial charge in [-0.05, 0) is 41.9 Å². The third-order valence-electron chi connectivity index (χ3n) is 5.75. The maximum Gasteiger partial charge on any atom is 0.329 e. The maximum atomic E-state index is 12.5. The molecule has 1 aromatic heterocycles. The second kappa shape index (κ2) is 10.1. The number of aryl methyl sites for hydroxylation is 2. The molecule has 2 aromatic carbocycles. The van der Waals surface area contributed by atoms with Crippen molar-refractivity contribution in [3.8, 4) is 5.88 Å². The number of aromatic nitrogens is 2. The zero-order valence-electron chi connectivity index (χ0n) is 17.8. The van der Waals surface area contributed by atoms with E-state index in [9.17, 15) is 14.7 Å². The number of carbonyl (C=O) groups excluding carboxylic acids is 1. The number of nitrogens with one attached hydrogen (secondary N) is 2. The molecule has 164 valence electrons. The van der Waals surface area contributed by atoms with Crippen LogP contribution in [0.15, 0.2) is 59.4 Å². The predicted octanol–water partition coefficient (Wildman–Crippen LogP) is 3.35. The standard InChI is InChI=1S/C24H29N3O4/c1-3-16(2)21(22(28)26-31)27-23(29)20(25-24(27)30)14-13-17-9-11-19(12-10-17)15-18-7-5-4-6-8-18/h4-12,16,21,29,31H,3,13-15H2,1-2H3,(H,25,30)(H,26,28). The van der Waals surface area contributed by atoms with Crippen molar-refractivity contribution in [1.29, 1.82) is 0 Å². The van der Waals surface area contributed by atoms with Crippen LogP contribution in [0, 0.1) is 5.92 Å². The van der Waals surface area contributed by atoms with E-state index in [2.05, 4.69) is 29.2 Å². The van der Waals surface area contributed by atoms with Crippen molar-refractivity contribution in [2.24, 2.45) is 5.92 Å². The summed E-state index contributed by atoms with van der Waals surface area (Å²) >= 11 is 0. The Bertz CT molecular complexity index is 1050. The minimum Gasteiger partial charge on any atom is -0.493 e. The molecule has 0 bridgehead atoms. The van der Waals surface area contributed by atoms with Crippen LogP contribution >= 0.6 is 0 Å². The minimum absolute atomic E-state index is 0.253. The highest BCUT2D eigenvalue weighted by Crippen LogP contribution is 2.26. The van der Waals surface area contributed by atoms with Crippen LogP contribution in [-0.2, 0) is 24.1 Å². The Morgan fingerprint density at radius 3 is 2.26 bits per heavy atom. The Labute approximate surface area is 181 Å². The van der Waals surface area contributed by atoms with E-state index in [-0.39, 0.29) is 11.8 Å². The van der Waals surface area contributed by atoms with Crippen LogP contribution in [0.4, 0.5) is 0 Å². The van der Waals surface area contributed by atoms with Crippen LogP contribution in [-0.4, -0.2) is 25.8 Å². The van der Waals surface area contributed by atoms with Gasteiger partial charge in [-0.25, -0.2) is 10.3 Å². The number of benzene rings is 2. The lowest BCUT2D eigenvalue weighted by Gasteiger charge is -2.22. The third-order valence-corrected chi connectivity index (χ3v) is 5.75. The van der Waals surface area contributed by atoms with Gasteiger partial charge in [-0.1, -0.05) is 74.9 Å². The van der Waals surface area contributed by atoms with E-state index >= 15 is 0 Å². The van der Waals surface area contributed by atoms with Crippen LogP contribution in [0.25, 0.3) is 0 Å². The molecule has 0 radical (unpaired) electrons. The number of amides is 1. The predicted molar refractivity (Wildman–Crippen MR) is 118 cm³/mol. The number of aromatic hydroxyl groups is 1. The highest BCUT2D eigenvalue weighted by molar-refractivity contribution is 5.79. The van der Waals surface area contributed by atoms with Crippen molar-refractivity contribution >= 4 is 5.91 Å². The lowest BCUT2D eigenvalue weighted by molar-refractivity contribution is -0.134. The second-order valence-electron chi connectivity index (χ2n) is 7.89. The van der Waals surface area contributed by atoms with E-state index in [1.807, 2.05) is 37.3 Å². The molecule has 0 aliphatic rings. The van der Waals surface area contributed by atoms with Gasteiger partial charge in [0.1, 0.15) is 6.04 Å². The van der Waals surface area contributed by atoms with Crippen molar-refractivity contribution in [3.05, 3.63) is 87.5 Å². The Morgan fingerprint density at radius 1 is 1.03 bits per heavy atom. The molecular formula is C24H29N3O4. The van der Waals surface area contributed by atoms with Gasteiger partial charge in [0.2, 0.25) is 5.88 Å². The molecular weight excluding hydrogens is 394 g/mol. The SMILES string of the molecule is CCC(C)C(C(=O)NO)n1c(O)c(CCc2ccc(Cc3ccccc3)cc2)[nH]c1=O. The minimum atomic E-state index is -0.996. The molecule has 0 spiro atoms. The van der Waals surface area contributed by atoms with Gasteiger partial charge in [0, 0.05) is 0 Å². The molecule has 1 amide bonds. The van der Waals surface area contributed by atoms with Gasteiger partial charge in [0.05, 0.1) is 5.69 Å². The van der Waals surface area contributed by atoms with Crippen molar-refractivity contribution in [3.63, 3.8) is 0 Å². The first-order valence-electron chi connectivity index (χ1n) is 10.5. The molecule has 0 saturated carbocycles. The van der Waals surface area contributed by atoms with Gasteiger partial charge in [0.25, 0.3) is 5.91 Å². The number of imidazole rings is 1. The number of rotatable bonds is 9. The number of aromatic amines is 1. The van der Waals surface area contributed by atoms with E-state index in [4.69, 9.17) is 5.21 Å². The highest BCUT2D eigenvalue weighted by atomic mass is 16.5. The summed E-state index contributed by atoms with van der Waals surface area (Å²) < 4.78 is 1.03. The Balaban J connectivity index is 1.72. The Hall–Kier alpha value is -3.32. The number of nitrogens with zero attached hydrogens (tertiary/aromatic N) is 1. The van der Waals surface area contributed by atoms with Crippen molar-refractivity contribution in [1.82, 2.24) is 15.0 Å². The monoisotopic (exact) mass is 423 g/mol. The zero-order valence-corrected chi connectivity index (χ0v) is 17.8. The summed E-state index contributed by atoms with van der Waals surface area (Å²) in [7, 11) is 0. The molecule has 7 heteroatoms. The van der Waals surface area contributed by atoms with Gasteiger partial charge in [-0.2, -0.15) is 0 Å². The summed E-state index contributed by atoms with van der Waals surface area (Å²) in [6, 6.07) is 17.5. The summed E-state index contributed by atoms with van der Waals surface area (Å²) in [5.41, 5.74) is 4.95. The third kappa shape index (κ3) is 5.24. The van der Waals surface area contributed by atoms with E-state index in [0.717, 1.165) is 16.6 Å². The molecule has 0 saturated heterocycles. The summed E-state index contributed by atoms with van der Waals surface area (Å²) in [6.07, 6.45) is 2.50. The first-order chi connectivity index (χ1) is 14.9. The topological polar surface area (TPSA) is 107 Å². The normalized spacial score (nSPS) is 13.0. The van der Waals surface area contributed by atoms with Crippen molar-refractivity contribution in [2.75, 3.05) is 0 Å². The summed E-state index contributed by atoms with van der Waals surface area (Å²) in [6.45, 7) is 3.66. The fraction of sp³-hybridized carbons (Fsp3) is 0.333. The lowest BCUT2D eigenvalue weighted by Crippen LogP contribution is -2.38. The molecule has 0 aliphatic carbocycles. The van der Waals surface area contributed by atoms with E-state index in [0.29, 0.717) is 25.0 Å². The Morgan fingerprint density at radius 2 is 1.65 bits per heavy atom. The largest absolute Gasteiger partial charge is 0.493 e. The van der Waals surface area contributed by atoms with Crippen molar-refractivity contribution < 1.29 is 15.1 Å². The number of hydrogen-bond donors (Lipinski definition) is 4. The molecule has 2 atom stereocenters. The molecule has 0 aliphatic heterocycles. The van der Waals surface area contributed by atoms with E-state index in [1.165, 1.54) is 11.1 Å². The molecule has 3 rings (SSSR count). The maximum absolute atomic E-state index is 12.5. The summed E-state index contributed by atoms with van der Waals surface area (Å²) in [5, 5.41) is 19.7. The quantitative estimate of drug-likeness (QED) is 0.313. The molecule has 3 aromatic rings. The smallest absolute Gasteiger partial charge is 0.329 e.